The van der Waals surface area contributed by atoms with Gasteiger partial charge in [0.2, 0.25) is 0 Å². The molecule has 0 radical (unpaired) electrons. The zero-order valence-corrected chi connectivity index (χ0v) is 23.8. The van der Waals surface area contributed by atoms with Gasteiger partial charge in [-0.25, -0.2) is 0 Å². The van der Waals surface area contributed by atoms with Crippen molar-refractivity contribution >= 4 is 57.2 Å². The molecule has 0 aliphatic rings. The van der Waals surface area contributed by atoms with Gasteiger partial charge in [0.1, 0.15) is 0 Å². The lowest BCUT2D eigenvalue weighted by atomic mass is 10.2. The van der Waals surface area contributed by atoms with Crippen molar-refractivity contribution in [1.29, 1.82) is 0 Å². The lowest BCUT2D eigenvalue weighted by Gasteiger charge is -2.19. The molecule has 0 fully saturated rings. The Kier molecular flexibility index (Phi) is 13.7. The van der Waals surface area contributed by atoms with Gasteiger partial charge >= 0.3 is 0 Å². The van der Waals surface area contributed by atoms with E-state index < -0.39 is 0 Å². The summed E-state index contributed by atoms with van der Waals surface area (Å²) in [7, 11) is 1.81. The first-order chi connectivity index (χ1) is 11.7. The van der Waals surface area contributed by atoms with Crippen LogP contribution in [0, 0.1) is 27.7 Å². The Morgan fingerprint density at radius 2 is 0.714 bits per heavy atom. The predicted molar refractivity (Wildman–Crippen MR) is 145 cm³/mol. The van der Waals surface area contributed by atoms with Crippen molar-refractivity contribution in [1.82, 2.24) is 0 Å². The SMILES string of the molecule is Br.Cc1cc(C)cc(PC(C)(C)C)c1.Cc1cc(C)cc(PC(C)(C)C)c1.Cl. The second-order valence-electron chi connectivity index (χ2n) is 9.50. The molecule has 160 valence electrons. The van der Waals surface area contributed by atoms with Crippen molar-refractivity contribution in [2.45, 2.75) is 79.5 Å². The van der Waals surface area contributed by atoms with E-state index in [1.54, 1.807) is 0 Å². The van der Waals surface area contributed by atoms with E-state index in [-0.39, 0.29) is 29.4 Å². The van der Waals surface area contributed by atoms with Crippen LogP contribution in [0.15, 0.2) is 36.4 Å². The Labute approximate surface area is 194 Å². The molecule has 0 spiro atoms. The monoisotopic (exact) mass is 504 g/mol. The Morgan fingerprint density at radius 3 is 0.893 bits per heavy atom. The summed E-state index contributed by atoms with van der Waals surface area (Å²) in [4.78, 5) is 0. The van der Waals surface area contributed by atoms with Gasteiger partial charge in [0.05, 0.1) is 0 Å². The van der Waals surface area contributed by atoms with Gasteiger partial charge in [-0.3, -0.25) is 0 Å². The number of hydrogen-bond acceptors (Lipinski definition) is 0. The average molecular weight is 506 g/mol. The summed E-state index contributed by atoms with van der Waals surface area (Å²) in [5, 5.41) is 3.82. The molecule has 0 amide bonds. The van der Waals surface area contributed by atoms with Gasteiger partial charge < -0.3 is 0 Å². The van der Waals surface area contributed by atoms with E-state index in [0.29, 0.717) is 10.3 Å². The fourth-order valence-electron chi connectivity index (χ4n) is 2.96. The van der Waals surface area contributed by atoms with Gasteiger partial charge in [-0.1, -0.05) is 117 Å². The molecule has 0 aromatic heterocycles. The summed E-state index contributed by atoms with van der Waals surface area (Å²) < 4.78 is 0. The molecule has 0 saturated heterocycles. The predicted octanol–water partition coefficient (Wildman–Crippen LogP) is 7.81. The Bertz CT molecular complexity index is 624. The van der Waals surface area contributed by atoms with Gasteiger partial charge in [0, 0.05) is 0 Å². The largest absolute Gasteiger partial charge is 0.147 e. The van der Waals surface area contributed by atoms with E-state index in [1.807, 2.05) is 0 Å². The summed E-state index contributed by atoms with van der Waals surface area (Å²) in [6, 6.07) is 13.7. The van der Waals surface area contributed by atoms with Crippen LogP contribution >= 0.6 is 46.5 Å². The minimum atomic E-state index is 0. The van der Waals surface area contributed by atoms with Crippen LogP contribution in [0.25, 0.3) is 0 Å². The lowest BCUT2D eigenvalue weighted by molar-refractivity contribution is 0.799. The van der Waals surface area contributed by atoms with Gasteiger partial charge in [-0.05, 0) is 48.6 Å². The van der Waals surface area contributed by atoms with E-state index in [1.165, 1.54) is 32.9 Å². The fourth-order valence-corrected chi connectivity index (χ4v) is 5.89. The quantitative estimate of drug-likeness (QED) is 0.365. The fraction of sp³-hybridized carbons (Fsp3) is 0.500. The smallest absolute Gasteiger partial charge is 0.0166 e. The lowest BCUT2D eigenvalue weighted by Crippen LogP contribution is -2.11. The van der Waals surface area contributed by atoms with Crippen LogP contribution in [0.3, 0.4) is 0 Å². The number of hydrogen-bond donors (Lipinski definition) is 0. The van der Waals surface area contributed by atoms with E-state index in [4.69, 9.17) is 0 Å². The van der Waals surface area contributed by atoms with E-state index >= 15 is 0 Å². The van der Waals surface area contributed by atoms with E-state index in [9.17, 15) is 0 Å². The molecule has 2 rings (SSSR count). The molecule has 0 nitrogen and oxygen atoms in total. The summed E-state index contributed by atoms with van der Waals surface area (Å²) >= 11 is 0. The van der Waals surface area contributed by atoms with Gasteiger partial charge in [-0.15, -0.1) is 29.4 Å². The van der Waals surface area contributed by atoms with Gasteiger partial charge in [-0.2, -0.15) is 0 Å². The van der Waals surface area contributed by atoms with Crippen LogP contribution < -0.4 is 10.6 Å². The highest BCUT2D eigenvalue weighted by atomic mass is 79.9. The summed E-state index contributed by atoms with van der Waals surface area (Å²) in [5.74, 6) is 0. The van der Waals surface area contributed by atoms with E-state index in [0.717, 1.165) is 17.2 Å². The third-order valence-corrected chi connectivity index (χ3v) is 6.14. The molecule has 0 heterocycles. The maximum atomic E-state index is 2.30. The molecule has 0 N–H and O–H groups in total. The Balaban J connectivity index is 0. The molecule has 4 heteroatoms. The molecule has 0 aliphatic heterocycles. The minimum absolute atomic E-state index is 0. The first-order valence-corrected chi connectivity index (χ1v) is 11.5. The highest BCUT2D eigenvalue weighted by Crippen LogP contribution is 2.30. The Morgan fingerprint density at radius 1 is 0.500 bits per heavy atom. The summed E-state index contributed by atoms with van der Waals surface area (Å²) in [5.41, 5.74) is 5.52. The van der Waals surface area contributed by atoms with Crippen LogP contribution in [0.1, 0.15) is 63.8 Å². The third-order valence-electron chi connectivity index (χ3n) is 3.48. The zero-order chi connectivity index (χ0) is 20.1. The minimum Gasteiger partial charge on any atom is -0.147 e. The highest BCUT2D eigenvalue weighted by molar-refractivity contribution is 8.93. The Hall–Kier alpha value is 0.0700. The molecule has 2 unspecified atom stereocenters. The molecular formula is C24H40BrClP2. The molecule has 0 aliphatic carbocycles. The van der Waals surface area contributed by atoms with Crippen LogP contribution in [0.4, 0.5) is 0 Å². The molecule has 28 heavy (non-hydrogen) atoms. The normalized spacial score (nSPS) is 11.8. The molecule has 0 bridgehead atoms. The first-order valence-electron chi connectivity index (χ1n) is 9.46. The maximum Gasteiger partial charge on any atom is -0.0166 e. The van der Waals surface area contributed by atoms with Crippen molar-refractivity contribution in [3.8, 4) is 0 Å². The average Bonchev–Trinajstić information content (AvgIpc) is 2.31. The third kappa shape index (κ3) is 14.1. The summed E-state index contributed by atoms with van der Waals surface area (Å²) in [6.45, 7) is 22.4. The molecular weight excluding hydrogens is 466 g/mol. The van der Waals surface area contributed by atoms with Gasteiger partial charge in [0.15, 0.2) is 0 Å². The number of rotatable bonds is 2. The number of halogens is 2. The molecule has 2 atom stereocenters. The van der Waals surface area contributed by atoms with Crippen molar-refractivity contribution in [2.24, 2.45) is 0 Å². The molecule has 2 aromatic rings. The van der Waals surface area contributed by atoms with E-state index in [2.05, 4.69) is 106 Å². The first kappa shape index (κ1) is 30.3. The second kappa shape index (κ2) is 12.7. The number of aryl methyl sites for hydroxylation is 4. The molecule has 0 saturated carbocycles. The van der Waals surface area contributed by atoms with Gasteiger partial charge in [0.25, 0.3) is 0 Å². The van der Waals surface area contributed by atoms with Crippen molar-refractivity contribution in [3.05, 3.63) is 58.7 Å². The van der Waals surface area contributed by atoms with Crippen molar-refractivity contribution in [2.75, 3.05) is 0 Å². The topological polar surface area (TPSA) is 0 Å². The van der Waals surface area contributed by atoms with Crippen molar-refractivity contribution < 1.29 is 0 Å². The maximum absolute atomic E-state index is 2.30. The number of benzene rings is 2. The summed E-state index contributed by atoms with van der Waals surface area (Å²) in [6.07, 6.45) is 0. The van der Waals surface area contributed by atoms with Crippen molar-refractivity contribution in [3.63, 3.8) is 0 Å². The van der Waals surface area contributed by atoms with Crippen LogP contribution in [0.5, 0.6) is 0 Å². The standard InChI is InChI=1S/2C12H19P.BrH.ClH/c2*1-9-6-10(2)8-11(7-9)13-12(3,4)5;;/h2*6-8,13H,1-5H3;2*1H. The van der Waals surface area contributed by atoms with Crippen LogP contribution in [0.2, 0.25) is 0 Å². The zero-order valence-electron chi connectivity index (χ0n) is 19.3. The highest BCUT2D eigenvalue weighted by Gasteiger charge is 2.11. The van der Waals surface area contributed by atoms with Crippen LogP contribution in [-0.4, -0.2) is 10.3 Å². The van der Waals surface area contributed by atoms with Crippen LogP contribution in [-0.2, 0) is 0 Å². The second-order valence-corrected chi connectivity index (χ2v) is 14.2. The molecule has 2 aromatic carbocycles.